The van der Waals surface area contributed by atoms with Crippen LogP contribution in [0.25, 0.3) is 0 Å². The molecule has 0 aromatic carbocycles. The molecule has 0 aliphatic carbocycles. The number of carbonyl (C=O) groups is 3. The Hall–Kier alpha value is -1.23. The Kier molecular flexibility index (Phi) is 63.6. The van der Waals surface area contributed by atoms with Crippen molar-refractivity contribution >= 4 is 17.9 Å². The van der Waals surface area contributed by atoms with Gasteiger partial charge in [0.1, 0.15) is 0 Å². The van der Waals surface area contributed by atoms with E-state index in [1.54, 1.807) is 0 Å². The van der Waals surface area contributed by atoms with Crippen molar-refractivity contribution in [3.8, 4) is 0 Å². The number of hydrogen-bond donors (Lipinski definition) is 7. The largest absolute Gasteiger partial charge is 0.481 e. The molecule has 132 valence electrons. The molecule has 0 fully saturated rings. The number of aliphatic carboxylic acids is 3. The van der Waals surface area contributed by atoms with E-state index in [0.717, 1.165) is 27.3 Å². The van der Waals surface area contributed by atoms with E-state index in [4.69, 9.17) is 40.5 Å². The van der Waals surface area contributed by atoms with Crippen molar-refractivity contribution in [1.82, 2.24) is 11.5 Å². The van der Waals surface area contributed by atoms with Crippen LogP contribution in [0.4, 0.5) is 0 Å². The zero-order valence-electron chi connectivity index (χ0n) is 12.5. The molecular formula is C10H27FeN3O7. The Balaban J connectivity index is -0.0000000359. The molecule has 0 spiro atoms. The van der Waals surface area contributed by atoms with Gasteiger partial charge in [-0.05, 0) is 0 Å². The van der Waals surface area contributed by atoms with Gasteiger partial charge < -0.3 is 37.6 Å². The predicted octanol–water partition coefficient (Wildman–Crippen LogP) is -1.04. The molecular weight excluding hydrogens is 330 g/mol. The molecule has 10 N–H and O–H groups in total. The fraction of sp³-hybridized carbons (Fsp3) is 0.700. The standard InChI is InChI=1S/C4H12N2O.3C2H4O2.Fe.H3N/c5-1-2-6-3-4-7;3*1-2(3)4;;/h6-7H,1-5H2;3*1H3,(H,3,4);;1H3. The quantitative estimate of drug-likeness (QED) is 0.240. The molecule has 0 aliphatic rings. The predicted molar refractivity (Wildman–Crippen MR) is 74.0 cm³/mol. The first kappa shape index (κ1) is 36.7. The number of carboxylic acid groups (broad SMARTS) is 3. The van der Waals surface area contributed by atoms with Gasteiger partial charge in [0.25, 0.3) is 17.9 Å². The van der Waals surface area contributed by atoms with Crippen molar-refractivity contribution < 1.29 is 51.9 Å². The van der Waals surface area contributed by atoms with Crippen LogP contribution in [0.3, 0.4) is 0 Å². The molecule has 0 saturated heterocycles. The number of aliphatic hydroxyl groups excluding tert-OH is 1. The minimum atomic E-state index is -0.833. The van der Waals surface area contributed by atoms with Gasteiger partial charge in [0.05, 0.1) is 6.61 Å². The van der Waals surface area contributed by atoms with Gasteiger partial charge in [-0.25, -0.2) is 0 Å². The number of nitrogens with one attached hydrogen (secondary N) is 1. The Morgan fingerprint density at radius 3 is 1.29 bits per heavy atom. The molecule has 0 aromatic rings. The van der Waals surface area contributed by atoms with Crippen LogP contribution >= 0.6 is 0 Å². The van der Waals surface area contributed by atoms with Crippen molar-refractivity contribution in [2.24, 2.45) is 5.73 Å². The number of nitrogens with two attached hydrogens (primary N) is 1. The third kappa shape index (κ3) is 688. The Bertz CT molecular complexity index is 186. The number of carboxylic acids is 3. The van der Waals surface area contributed by atoms with Gasteiger partial charge in [-0.2, -0.15) is 0 Å². The molecule has 0 heterocycles. The van der Waals surface area contributed by atoms with Crippen LogP contribution in [0, 0.1) is 0 Å². The first-order valence-electron chi connectivity index (χ1n) is 5.21. The summed E-state index contributed by atoms with van der Waals surface area (Å²) in [5.41, 5.74) is 5.13. The van der Waals surface area contributed by atoms with E-state index in [-0.39, 0.29) is 29.8 Å². The Morgan fingerprint density at radius 1 is 0.905 bits per heavy atom. The van der Waals surface area contributed by atoms with Crippen molar-refractivity contribution in [2.75, 3.05) is 26.2 Å². The van der Waals surface area contributed by atoms with E-state index in [1.807, 2.05) is 0 Å². The van der Waals surface area contributed by atoms with Crippen LogP contribution in [-0.2, 0) is 31.5 Å². The third-order valence-electron chi connectivity index (χ3n) is 0.610. The molecule has 0 radical (unpaired) electrons. The van der Waals surface area contributed by atoms with E-state index in [0.29, 0.717) is 13.1 Å². The second-order valence-corrected chi connectivity index (χ2v) is 2.82. The molecule has 11 heteroatoms. The van der Waals surface area contributed by atoms with Gasteiger partial charge in [-0.3, -0.25) is 14.4 Å². The molecule has 0 aromatic heterocycles. The minimum absolute atomic E-state index is 0. The maximum atomic E-state index is 9.00. The first-order valence-corrected chi connectivity index (χ1v) is 5.21. The zero-order valence-corrected chi connectivity index (χ0v) is 13.6. The summed E-state index contributed by atoms with van der Waals surface area (Å²) in [6.07, 6.45) is 0. The van der Waals surface area contributed by atoms with Crippen LogP contribution in [0.15, 0.2) is 0 Å². The molecule has 0 bridgehead atoms. The van der Waals surface area contributed by atoms with Gasteiger partial charge in [0.15, 0.2) is 0 Å². The summed E-state index contributed by atoms with van der Waals surface area (Å²) in [6, 6.07) is 0. The second kappa shape index (κ2) is 36.3. The van der Waals surface area contributed by atoms with Crippen molar-refractivity contribution in [2.45, 2.75) is 20.8 Å². The zero-order chi connectivity index (χ0) is 16.3. The maximum absolute atomic E-state index is 9.00. The number of rotatable bonds is 4. The minimum Gasteiger partial charge on any atom is -0.481 e. The van der Waals surface area contributed by atoms with E-state index < -0.39 is 17.9 Å². The number of hydrogen-bond acceptors (Lipinski definition) is 7. The van der Waals surface area contributed by atoms with Crippen molar-refractivity contribution in [1.29, 1.82) is 0 Å². The Labute approximate surface area is 134 Å². The average Bonchev–Trinajstić information content (AvgIpc) is 2.15. The van der Waals surface area contributed by atoms with Gasteiger partial charge >= 0.3 is 0 Å². The molecule has 0 aliphatic heterocycles. The van der Waals surface area contributed by atoms with Crippen LogP contribution in [0.2, 0.25) is 0 Å². The normalized spacial score (nSPS) is 6.71. The summed E-state index contributed by atoms with van der Waals surface area (Å²) in [5, 5.41) is 33.3. The van der Waals surface area contributed by atoms with Crippen LogP contribution in [0.5, 0.6) is 0 Å². The molecule has 0 rings (SSSR count). The molecule has 0 saturated carbocycles. The van der Waals surface area contributed by atoms with E-state index in [2.05, 4.69) is 5.32 Å². The van der Waals surface area contributed by atoms with E-state index in [1.165, 1.54) is 0 Å². The topological polar surface area (TPSA) is 205 Å². The van der Waals surface area contributed by atoms with Gasteiger partial charge in [0, 0.05) is 57.5 Å². The summed E-state index contributed by atoms with van der Waals surface area (Å²) in [4.78, 5) is 27.0. The molecule has 0 unspecified atom stereocenters. The SMILES string of the molecule is CC(=O)O.CC(=O)O.CC(=O)O.N.NCCNCCO.[Fe]. The summed E-state index contributed by atoms with van der Waals surface area (Å²) >= 11 is 0. The van der Waals surface area contributed by atoms with Crippen molar-refractivity contribution in [3.05, 3.63) is 0 Å². The van der Waals surface area contributed by atoms with Gasteiger partial charge in [-0.1, -0.05) is 0 Å². The summed E-state index contributed by atoms with van der Waals surface area (Å²) in [6.45, 7) is 5.53. The Morgan fingerprint density at radius 2 is 1.14 bits per heavy atom. The summed E-state index contributed by atoms with van der Waals surface area (Å²) in [5.74, 6) is -2.50. The van der Waals surface area contributed by atoms with Crippen LogP contribution in [-0.4, -0.2) is 64.6 Å². The average molecular weight is 357 g/mol. The van der Waals surface area contributed by atoms with E-state index in [9.17, 15) is 0 Å². The second-order valence-electron chi connectivity index (χ2n) is 2.82. The fourth-order valence-electron chi connectivity index (χ4n) is 0.306. The van der Waals surface area contributed by atoms with E-state index >= 15 is 0 Å². The summed E-state index contributed by atoms with van der Waals surface area (Å²) < 4.78 is 0. The fourth-order valence-corrected chi connectivity index (χ4v) is 0.306. The van der Waals surface area contributed by atoms with Gasteiger partial charge in [0.2, 0.25) is 0 Å². The molecule has 0 amide bonds. The van der Waals surface area contributed by atoms with Crippen molar-refractivity contribution in [3.63, 3.8) is 0 Å². The molecule has 21 heavy (non-hydrogen) atoms. The maximum Gasteiger partial charge on any atom is 0.300 e. The van der Waals surface area contributed by atoms with Gasteiger partial charge in [-0.15, -0.1) is 0 Å². The smallest absolute Gasteiger partial charge is 0.300 e. The monoisotopic (exact) mass is 357 g/mol. The van der Waals surface area contributed by atoms with Crippen LogP contribution in [0.1, 0.15) is 20.8 Å². The third-order valence-corrected chi connectivity index (χ3v) is 0.610. The van der Waals surface area contributed by atoms with Crippen LogP contribution < -0.4 is 17.2 Å². The first-order chi connectivity index (χ1) is 8.61. The summed E-state index contributed by atoms with van der Waals surface area (Å²) in [7, 11) is 0. The number of aliphatic hydroxyl groups is 1. The molecule has 0 atom stereocenters. The molecule has 10 nitrogen and oxygen atoms in total.